The molecule has 60 valence electrons. The fourth-order valence-corrected chi connectivity index (χ4v) is 0.971. The van der Waals surface area contributed by atoms with Gasteiger partial charge in [-0.2, -0.15) is 0 Å². The lowest BCUT2D eigenvalue weighted by Gasteiger charge is -2.07. The van der Waals surface area contributed by atoms with Crippen molar-refractivity contribution in [2.75, 3.05) is 0 Å². The van der Waals surface area contributed by atoms with E-state index in [0.717, 1.165) is 12.0 Å². The summed E-state index contributed by atoms with van der Waals surface area (Å²) in [6.45, 7) is 3.92. The molecule has 0 fully saturated rings. The Bertz CT molecular complexity index is 214. The van der Waals surface area contributed by atoms with Crippen LogP contribution in [0.15, 0.2) is 23.8 Å². The molecular weight excluding hydrogens is 138 g/mol. The molecule has 0 saturated heterocycles. The summed E-state index contributed by atoms with van der Waals surface area (Å²) in [6, 6.07) is 0.226. The minimum absolute atomic E-state index is 0.0602. The van der Waals surface area contributed by atoms with Crippen molar-refractivity contribution in [3.8, 4) is 0 Å². The first-order valence-electron chi connectivity index (χ1n) is 3.86. The molecule has 0 heterocycles. The van der Waals surface area contributed by atoms with Gasteiger partial charge in [-0.05, 0) is 20.3 Å². The molecule has 0 aliphatic heterocycles. The van der Waals surface area contributed by atoms with Crippen molar-refractivity contribution >= 4 is 5.91 Å². The Kier molecular flexibility index (Phi) is 2.47. The first kappa shape index (κ1) is 8.05. The van der Waals surface area contributed by atoms with Gasteiger partial charge in [0.2, 0.25) is 5.91 Å². The number of rotatable bonds is 2. The van der Waals surface area contributed by atoms with Crippen molar-refractivity contribution in [1.82, 2.24) is 5.32 Å². The molecule has 0 bridgehead atoms. The third-order valence-electron chi connectivity index (χ3n) is 1.48. The van der Waals surface area contributed by atoms with Gasteiger partial charge in [0.05, 0.1) is 0 Å². The fraction of sp³-hybridized carbons (Fsp3) is 0.444. The van der Waals surface area contributed by atoms with Crippen molar-refractivity contribution in [1.29, 1.82) is 0 Å². The van der Waals surface area contributed by atoms with Gasteiger partial charge in [-0.3, -0.25) is 4.79 Å². The van der Waals surface area contributed by atoms with E-state index >= 15 is 0 Å². The maximum absolute atomic E-state index is 11.2. The average Bonchev–Trinajstić information content (AvgIpc) is 2.35. The number of allylic oxidation sites excluding steroid dienone is 3. The monoisotopic (exact) mass is 151 g/mol. The van der Waals surface area contributed by atoms with Gasteiger partial charge in [0.1, 0.15) is 0 Å². The van der Waals surface area contributed by atoms with E-state index in [-0.39, 0.29) is 11.9 Å². The summed E-state index contributed by atoms with van der Waals surface area (Å²) in [4.78, 5) is 11.2. The lowest BCUT2D eigenvalue weighted by molar-refractivity contribution is -0.118. The minimum atomic E-state index is 0.0602. The van der Waals surface area contributed by atoms with E-state index in [4.69, 9.17) is 0 Å². The molecule has 1 amide bonds. The number of hydrogen-bond acceptors (Lipinski definition) is 1. The molecule has 0 unspecified atom stereocenters. The lowest BCUT2D eigenvalue weighted by Crippen LogP contribution is -2.30. The van der Waals surface area contributed by atoms with Crippen LogP contribution >= 0.6 is 0 Å². The van der Waals surface area contributed by atoms with Crippen LogP contribution in [-0.2, 0) is 4.79 Å². The van der Waals surface area contributed by atoms with Gasteiger partial charge in [-0.1, -0.05) is 18.2 Å². The van der Waals surface area contributed by atoms with Crippen LogP contribution in [-0.4, -0.2) is 11.9 Å². The Morgan fingerprint density at radius 2 is 2.36 bits per heavy atom. The standard InChI is InChI=1S/C9H13NO/c1-7(2)10-9(11)8-5-3-4-6-8/h3-5,7H,6H2,1-2H3,(H,10,11). The molecule has 0 atom stereocenters. The molecule has 1 N–H and O–H groups in total. The van der Waals surface area contributed by atoms with Crippen LogP contribution in [0.5, 0.6) is 0 Å². The van der Waals surface area contributed by atoms with Crippen molar-refractivity contribution in [3.05, 3.63) is 23.8 Å². The third-order valence-corrected chi connectivity index (χ3v) is 1.48. The Morgan fingerprint density at radius 3 is 2.82 bits per heavy atom. The SMILES string of the molecule is CC(C)NC(=O)C1=CC=CC1. The van der Waals surface area contributed by atoms with Gasteiger partial charge in [0.25, 0.3) is 0 Å². The van der Waals surface area contributed by atoms with Crippen LogP contribution in [0.1, 0.15) is 20.3 Å². The molecule has 1 rings (SSSR count). The summed E-state index contributed by atoms with van der Waals surface area (Å²) in [5.74, 6) is 0.0602. The molecule has 0 aromatic heterocycles. The normalized spacial score (nSPS) is 15.4. The van der Waals surface area contributed by atoms with Crippen molar-refractivity contribution in [2.45, 2.75) is 26.3 Å². The van der Waals surface area contributed by atoms with Crippen LogP contribution in [0.4, 0.5) is 0 Å². The predicted octanol–water partition coefficient (Wildman–Crippen LogP) is 1.40. The molecule has 2 heteroatoms. The first-order valence-corrected chi connectivity index (χ1v) is 3.86. The quantitative estimate of drug-likeness (QED) is 0.635. The van der Waals surface area contributed by atoms with Crippen LogP contribution in [0, 0.1) is 0 Å². The summed E-state index contributed by atoms with van der Waals surface area (Å²) >= 11 is 0. The topological polar surface area (TPSA) is 29.1 Å². The Balaban J connectivity index is 2.43. The third kappa shape index (κ3) is 2.22. The molecule has 0 radical (unpaired) electrons. The minimum Gasteiger partial charge on any atom is -0.350 e. The van der Waals surface area contributed by atoms with Gasteiger partial charge in [0.15, 0.2) is 0 Å². The fourth-order valence-electron chi connectivity index (χ4n) is 0.971. The molecule has 0 spiro atoms. The molecule has 1 aliphatic carbocycles. The smallest absolute Gasteiger partial charge is 0.247 e. The molecule has 11 heavy (non-hydrogen) atoms. The predicted molar refractivity (Wildman–Crippen MR) is 45.1 cm³/mol. The summed E-state index contributed by atoms with van der Waals surface area (Å²) in [7, 11) is 0. The second-order valence-corrected chi connectivity index (χ2v) is 2.95. The van der Waals surface area contributed by atoms with Crippen LogP contribution in [0.2, 0.25) is 0 Å². The van der Waals surface area contributed by atoms with Crippen molar-refractivity contribution in [3.63, 3.8) is 0 Å². The van der Waals surface area contributed by atoms with E-state index in [1.165, 1.54) is 0 Å². The zero-order chi connectivity index (χ0) is 8.27. The molecule has 0 aromatic rings. The van der Waals surface area contributed by atoms with Gasteiger partial charge >= 0.3 is 0 Å². The number of amides is 1. The van der Waals surface area contributed by atoms with E-state index in [0.29, 0.717) is 0 Å². The summed E-state index contributed by atoms with van der Waals surface area (Å²) in [6.07, 6.45) is 6.53. The highest BCUT2D eigenvalue weighted by Gasteiger charge is 2.09. The maximum Gasteiger partial charge on any atom is 0.247 e. The Labute approximate surface area is 67.0 Å². The average molecular weight is 151 g/mol. The molecule has 2 nitrogen and oxygen atoms in total. The highest BCUT2D eigenvalue weighted by atomic mass is 16.1. The molecular formula is C9H13NO. The summed E-state index contributed by atoms with van der Waals surface area (Å²) in [5, 5.41) is 2.84. The number of carbonyl (C=O) groups excluding carboxylic acids is 1. The zero-order valence-electron chi connectivity index (χ0n) is 6.92. The maximum atomic E-state index is 11.2. The van der Waals surface area contributed by atoms with Gasteiger partial charge in [-0.15, -0.1) is 0 Å². The highest BCUT2D eigenvalue weighted by Crippen LogP contribution is 2.09. The molecule has 0 saturated carbocycles. The van der Waals surface area contributed by atoms with E-state index < -0.39 is 0 Å². The number of nitrogens with one attached hydrogen (secondary N) is 1. The van der Waals surface area contributed by atoms with Gasteiger partial charge in [-0.25, -0.2) is 0 Å². The van der Waals surface area contributed by atoms with E-state index in [1.54, 1.807) is 0 Å². The summed E-state index contributed by atoms with van der Waals surface area (Å²) in [5.41, 5.74) is 0.860. The highest BCUT2D eigenvalue weighted by molar-refractivity contribution is 5.94. The molecule has 0 aromatic carbocycles. The molecule has 1 aliphatic rings. The zero-order valence-corrected chi connectivity index (χ0v) is 6.92. The second-order valence-electron chi connectivity index (χ2n) is 2.95. The van der Waals surface area contributed by atoms with E-state index in [1.807, 2.05) is 32.1 Å². The number of carbonyl (C=O) groups is 1. The van der Waals surface area contributed by atoms with Gasteiger partial charge < -0.3 is 5.32 Å². The van der Waals surface area contributed by atoms with Gasteiger partial charge in [0, 0.05) is 11.6 Å². The van der Waals surface area contributed by atoms with Crippen molar-refractivity contribution in [2.24, 2.45) is 0 Å². The second kappa shape index (κ2) is 3.37. The van der Waals surface area contributed by atoms with E-state index in [2.05, 4.69) is 5.32 Å². The lowest BCUT2D eigenvalue weighted by atomic mass is 10.2. The van der Waals surface area contributed by atoms with Crippen LogP contribution < -0.4 is 5.32 Å². The first-order chi connectivity index (χ1) is 5.20. The Hall–Kier alpha value is -1.05. The largest absolute Gasteiger partial charge is 0.350 e. The summed E-state index contributed by atoms with van der Waals surface area (Å²) < 4.78 is 0. The Morgan fingerprint density at radius 1 is 1.64 bits per heavy atom. The number of hydrogen-bond donors (Lipinski definition) is 1. The van der Waals surface area contributed by atoms with Crippen LogP contribution in [0.25, 0.3) is 0 Å². The van der Waals surface area contributed by atoms with Crippen molar-refractivity contribution < 1.29 is 4.79 Å². The van der Waals surface area contributed by atoms with E-state index in [9.17, 15) is 4.79 Å². The van der Waals surface area contributed by atoms with Crippen LogP contribution in [0.3, 0.4) is 0 Å².